The first-order valence-electron chi connectivity index (χ1n) is 6.44. The number of methoxy groups -OCH3 is 1. The molecule has 5 nitrogen and oxygen atoms in total. The van der Waals surface area contributed by atoms with E-state index in [9.17, 15) is 4.79 Å². The molecule has 1 amide bonds. The Balaban J connectivity index is 2.05. The van der Waals surface area contributed by atoms with Crippen molar-refractivity contribution in [3.05, 3.63) is 41.2 Å². The Morgan fingerprint density at radius 2 is 1.95 bits per heavy atom. The first kappa shape index (κ1) is 14.1. The predicted octanol–water partition coefficient (Wildman–Crippen LogP) is 2.23. The molecule has 2 rings (SSSR count). The Morgan fingerprint density at radius 1 is 1.30 bits per heavy atom. The maximum absolute atomic E-state index is 12.1. The third-order valence-electron chi connectivity index (χ3n) is 3.30. The fourth-order valence-corrected chi connectivity index (χ4v) is 2.07. The highest BCUT2D eigenvalue weighted by Crippen LogP contribution is 2.19. The van der Waals surface area contributed by atoms with Crippen molar-refractivity contribution < 1.29 is 9.53 Å². The number of carbonyl (C=O) groups is 1. The van der Waals surface area contributed by atoms with E-state index >= 15 is 0 Å². The molecule has 0 radical (unpaired) electrons. The quantitative estimate of drug-likeness (QED) is 0.929. The minimum absolute atomic E-state index is 0.0469. The van der Waals surface area contributed by atoms with E-state index in [-0.39, 0.29) is 5.91 Å². The van der Waals surface area contributed by atoms with Crippen LogP contribution >= 0.6 is 0 Å². The van der Waals surface area contributed by atoms with Crippen molar-refractivity contribution in [3.8, 4) is 5.75 Å². The van der Waals surface area contributed by atoms with Gasteiger partial charge in [0.15, 0.2) is 0 Å². The second-order valence-corrected chi connectivity index (χ2v) is 4.74. The van der Waals surface area contributed by atoms with Crippen LogP contribution in [-0.2, 0) is 18.3 Å². The number of hydrogen-bond donors (Lipinski definition) is 1. The predicted molar refractivity (Wildman–Crippen MR) is 78.0 cm³/mol. The highest BCUT2D eigenvalue weighted by molar-refractivity contribution is 5.93. The van der Waals surface area contributed by atoms with Gasteiger partial charge in [-0.05, 0) is 31.5 Å². The van der Waals surface area contributed by atoms with Crippen molar-refractivity contribution in [2.45, 2.75) is 20.3 Å². The number of benzene rings is 1. The Morgan fingerprint density at radius 3 is 2.45 bits per heavy atom. The molecular formula is C15H19N3O2. The summed E-state index contributed by atoms with van der Waals surface area (Å²) >= 11 is 0. The molecule has 0 unspecified atom stereocenters. The average molecular weight is 273 g/mol. The van der Waals surface area contributed by atoms with Crippen LogP contribution in [0.2, 0.25) is 0 Å². The summed E-state index contributed by atoms with van der Waals surface area (Å²) in [4.78, 5) is 12.1. The number of aryl methyl sites for hydroxylation is 2. The van der Waals surface area contributed by atoms with E-state index in [1.165, 1.54) is 0 Å². The number of aromatic nitrogens is 2. The van der Waals surface area contributed by atoms with Crippen molar-refractivity contribution in [3.63, 3.8) is 0 Å². The summed E-state index contributed by atoms with van der Waals surface area (Å²) in [7, 11) is 3.48. The Kier molecular flexibility index (Phi) is 4.08. The molecule has 0 aliphatic heterocycles. The fourth-order valence-electron chi connectivity index (χ4n) is 2.07. The topological polar surface area (TPSA) is 56.1 Å². The molecule has 0 aliphatic carbocycles. The minimum Gasteiger partial charge on any atom is -0.497 e. The summed E-state index contributed by atoms with van der Waals surface area (Å²) in [6.07, 6.45) is 0.331. The Hall–Kier alpha value is -2.30. The molecule has 0 saturated heterocycles. The van der Waals surface area contributed by atoms with Gasteiger partial charge in [-0.25, -0.2) is 0 Å². The summed E-state index contributed by atoms with van der Waals surface area (Å²) in [6.45, 7) is 3.82. The number of amides is 1. The van der Waals surface area contributed by atoms with Gasteiger partial charge in [-0.2, -0.15) is 5.10 Å². The fraction of sp³-hybridized carbons (Fsp3) is 0.333. The number of hydrogen-bond acceptors (Lipinski definition) is 3. The first-order valence-corrected chi connectivity index (χ1v) is 6.44. The lowest BCUT2D eigenvalue weighted by molar-refractivity contribution is -0.115. The Bertz CT molecular complexity index is 615. The molecule has 0 fully saturated rings. The average Bonchev–Trinajstić information content (AvgIpc) is 2.66. The first-order chi connectivity index (χ1) is 9.51. The number of nitrogens with one attached hydrogen (secondary N) is 1. The standard InChI is InChI=1S/C15H19N3O2/c1-10-15(11(2)18(3)17-10)16-14(19)9-12-5-7-13(20-4)8-6-12/h5-8H,9H2,1-4H3,(H,16,19). The lowest BCUT2D eigenvalue weighted by atomic mass is 10.1. The molecule has 0 atom stereocenters. The lowest BCUT2D eigenvalue weighted by Crippen LogP contribution is -2.15. The summed E-state index contributed by atoms with van der Waals surface area (Å²) in [5, 5.41) is 7.20. The van der Waals surface area contributed by atoms with Gasteiger partial charge in [0, 0.05) is 7.05 Å². The lowest BCUT2D eigenvalue weighted by Gasteiger charge is -2.06. The van der Waals surface area contributed by atoms with Gasteiger partial charge in [-0.15, -0.1) is 0 Å². The zero-order chi connectivity index (χ0) is 14.7. The van der Waals surface area contributed by atoms with Gasteiger partial charge in [-0.1, -0.05) is 12.1 Å². The van der Waals surface area contributed by atoms with E-state index in [1.54, 1.807) is 11.8 Å². The minimum atomic E-state index is -0.0469. The zero-order valence-electron chi connectivity index (χ0n) is 12.2. The third kappa shape index (κ3) is 2.99. The molecule has 0 spiro atoms. The van der Waals surface area contributed by atoms with Gasteiger partial charge < -0.3 is 10.1 Å². The maximum Gasteiger partial charge on any atom is 0.228 e. The molecule has 5 heteroatoms. The maximum atomic E-state index is 12.1. The van der Waals surface area contributed by atoms with Crippen molar-refractivity contribution in [1.82, 2.24) is 9.78 Å². The summed E-state index contributed by atoms with van der Waals surface area (Å²) in [5.41, 5.74) is 3.52. The van der Waals surface area contributed by atoms with Gasteiger partial charge in [0.1, 0.15) is 5.75 Å². The molecule has 1 heterocycles. The molecule has 106 valence electrons. The second-order valence-electron chi connectivity index (χ2n) is 4.74. The van der Waals surface area contributed by atoms with Crippen molar-refractivity contribution >= 4 is 11.6 Å². The molecule has 0 aliphatic rings. The third-order valence-corrected chi connectivity index (χ3v) is 3.30. The molecule has 1 aromatic carbocycles. The molecule has 0 saturated carbocycles. The van der Waals surface area contributed by atoms with Crippen LogP contribution in [0.15, 0.2) is 24.3 Å². The number of ether oxygens (including phenoxy) is 1. The van der Waals surface area contributed by atoms with E-state index in [0.29, 0.717) is 6.42 Å². The van der Waals surface area contributed by atoms with E-state index in [1.807, 2.05) is 45.2 Å². The molecule has 2 aromatic rings. The van der Waals surface area contributed by atoms with Crippen LogP contribution in [0.5, 0.6) is 5.75 Å². The summed E-state index contributed by atoms with van der Waals surface area (Å²) < 4.78 is 6.85. The molecular weight excluding hydrogens is 254 g/mol. The van der Waals surface area contributed by atoms with Crippen LogP contribution in [-0.4, -0.2) is 22.8 Å². The molecule has 1 N–H and O–H groups in total. The molecule has 1 aromatic heterocycles. The van der Waals surface area contributed by atoms with Crippen molar-refractivity contribution in [2.75, 3.05) is 12.4 Å². The van der Waals surface area contributed by atoms with Crippen LogP contribution in [0, 0.1) is 13.8 Å². The number of nitrogens with zero attached hydrogens (tertiary/aromatic N) is 2. The van der Waals surface area contributed by atoms with Crippen LogP contribution in [0.4, 0.5) is 5.69 Å². The van der Waals surface area contributed by atoms with Gasteiger partial charge in [0.25, 0.3) is 0 Å². The Labute approximate surface area is 118 Å². The van der Waals surface area contributed by atoms with E-state index in [4.69, 9.17) is 4.74 Å². The highest BCUT2D eigenvalue weighted by Gasteiger charge is 2.12. The van der Waals surface area contributed by atoms with Crippen LogP contribution in [0.3, 0.4) is 0 Å². The van der Waals surface area contributed by atoms with Gasteiger partial charge >= 0.3 is 0 Å². The van der Waals surface area contributed by atoms with Gasteiger partial charge in [-0.3, -0.25) is 9.48 Å². The van der Waals surface area contributed by atoms with Crippen LogP contribution < -0.4 is 10.1 Å². The van der Waals surface area contributed by atoms with Gasteiger partial charge in [0.05, 0.1) is 30.6 Å². The van der Waals surface area contributed by atoms with E-state index in [2.05, 4.69) is 10.4 Å². The number of carbonyl (C=O) groups excluding carboxylic acids is 1. The van der Waals surface area contributed by atoms with E-state index < -0.39 is 0 Å². The molecule has 0 bridgehead atoms. The smallest absolute Gasteiger partial charge is 0.228 e. The zero-order valence-corrected chi connectivity index (χ0v) is 12.2. The van der Waals surface area contributed by atoms with Crippen LogP contribution in [0.1, 0.15) is 17.0 Å². The summed E-state index contributed by atoms with van der Waals surface area (Å²) in [5.74, 6) is 0.738. The monoisotopic (exact) mass is 273 g/mol. The molecule has 20 heavy (non-hydrogen) atoms. The number of anilines is 1. The SMILES string of the molecule is COc1ccc(CC(=O)Nc2c(C)nn(C)c2C)cc1. The van der Waals surface area contributed by atoms with Crippen LogP contribution in [0.25, 0.3) is 0 Å². The second kappa shape index (κ2) is 5.77. The number of rotatable bonds is 4. The van der Waals surface area contributed by atoms with Crippen molar-refractivity contribution in [2.24, 2.45) is 7.05 Å². The normalized spacial score (nSPS) is 10.4. The highest BCUT2D eigenvalue weighted by atomic mass is 16.5. The largest absolute Gasteiger partial charge is 0.497 e. The van der Waals surface area contributed by atoms with Crippen molar-refractivity contribution in [1.29, 1.82) is 0 Å². The van der Waals surface area contributed by atoms with E-state index in [0.717, 1.165) is 28.4 Å². The van der Waals surface area contributed by atoms with Gasteiger partial charge in [0.2, 0.25) is 5.91 Å². The summed E-state index contributed by atoms with van der Waals surface area (Å²) in [6, 6.07) is 7.48.